The molecule has 0 fully saturated rings. The number of nitrogens with two attached hydrogens (primary N) is 1. The molecule has 1 aliphatic rings. The highest BCUT2D eigenvalue weighted by atomic mass is 79.9. The zero-order chi connectivity index (χ0) is 14.9. The zero-order valence-corrected chi connectivity index (χ0v) is 13.1. The SMILES string of the molecule is COc1ccc(C2(c3cccc(Br)c3)COC(N)=N2)cc1. The molecule has 2 N–H and O–H groups in total. The van der Waals surface area contributed by atoms with Crippen molar-refractivity contribution in [1.82, 2.24) is 0 Å². The lowest BCUT2D eigenvalue weighted by molar-refractivity contribution is 0.278. The zero-order valence-electron chi connectivity index (χ0n) is 11.5. The molecule has 0 spiro atoms. The Morgan fingerprint density at radius 1 is 1.19 bits per heavy atom. The number of hydrogen-bond donors (Lipinski definition) is 1. The smallest absolute Gasteiger partial charge is 0.283 e. The molecular weight excluding hydrogens is 332 g/mol. The molecule has 4 nitrogen and oxygen atoms in total. The standard InChI is InChI=1S/C16H15BrN2O2/c1-20-14-7-5-11(6-8-14)16(10-21-15(18)19-16)12-3-2-4-13(17)9-12/h2-9H,10H2,1H3,(H2,18,19). The van der Waals surface area contributed by atoms with E-state index in [2.05, 4.69) is 20.9 Å². The van der Waals surface area contributed by atoms with Gasteiger partial charge in [-0.1, -0.05) is 40.2 Å². The molecule has 1 atom stereocenters. The van der Waals surface area contributed by atoms with E-state index in [1.807, 2.05) is 48.5 Å². The molecule has 0 amide bonds. The first kappa shape index (κ1) is 13.9. The Balaban J connectivity index is 2.13. The summed E-state index contributed by atoms with van der Waals surface area (Å²) in [5.41, 5.74) is 7.21. The van der Waals surface area contributed by atoms with Crippen molar-refractivity contribution in [2.75, 3.05) is 13.7 Å². The van der Waals surface area contributed by atoms with E-state index in [9.17, 15) is 0 Å². The van der Waals surface area contributed by atoms with Gasteiger partial charge in [0.2, 0.25) is 0 Å². The van der Waals surface area contributed by atoms with Gasteiger partial charge >= 0.3 is 0 Å². The monoisotopic (exact) mass is 346 g/mol. The number of rotatable bonds is 3. The van der Waals surface area contributed by atoms with Crippen molar-refractivity contribution >= 4 is 22.0 Å². The number of amidine groups is 1. The van der Waals surface area contributed by atoms with Gasteiger partial charge in [0, 0.05) is 4.47 Å². The van der Waals surface area contributed by atoms with Gasteiger partial charge in [0.15, 0.2) is 5.54 Å². The fraction of sp³-hybridized carbons (Fsp3) is 0.188. The summed E-state index contributed by atoms with van der Waals surface area (Å²) in [6.07, 6.45) is 0. The van der Waals surface area contributed by atoms with Crippen LogP contribution >= 0.6 is 15.9 Å². The van der Waals surface area contributed by atoms with Crippen molar-refractivity contribution < 1.29 is 9.47 Å². The molecule has 21 heavy (non-hydrogen) atoms. The van der Waals surface area contributed by atoms with E-state index in [0.717, 1.165) is 21.3 Å². The second kappa shape index (κ2) is 5.41. The summed E-state index contributed by atoms with van der Waals surface area (Å²) in [5.74, 6) is 0.805. The van der Waals surface area contributed by atoms with Crippen LogP contribution in [-0.4, -0.2) is 19.7 Å². The summed E-state index contributed by atoms with van der Waals surface area (Å²) in [4.78, 5) is 4.57. The Morgan fingerprint density at radius 2 is 1.95 bits per heavy atom. The summed E-state index contributed by atoms with van der Waals surface area (Å²) >= 11 is 3.50. The minimum absolute atomic E-state index is 0.214. The third kappa shape index (κ3) is 2.49. The Bertz CT molecular complexity index is 685. The summed E-state index contributed by atoms with van der Waals surface area (Å²) in [6.45, 7) is 0.390. The Morgan fingerprint density at radius 3 is 2.52 bits per heavy atom. The first-order valence-corrected chi connectivity index (χ1v) is 7.32. The quantitative estimate of drug-likeness (QED) is 0.929. The van der Waals surface area contributed by atoms with Gasteiger partial charge in [0.05, 0.1) is 7.11 Å². The van der Waals surface area contributed by atoms with Crippen molar-refractivity contribution in [3.63, 3.8) is 0 Å². The van der Waals surface area contributed by atoms with E-state index in [0.29, 0.717) is 6.61 Å². The molecule has 0 bridgehead atoms. The van der Waals surface area contributed by atoms with Crippen LogP contribution in [0.3, 0.4) is 0 Å². The van der Waals surface area contributed by atoms with Crippen LogP contribution in [0.5, 0.6) is 5.75 Å². The van der Waals surface area contributed by atoms with Gasteiger partial charge in [-0.2, -0.15) is 0 Å². The predicted molar refractivity (Wildman–Crippen MR) is 85.5 cm³/mol. The van der Waals surface area contributed by atoms with E-state index >= 15 is 0 Å². The number of ether oxygens (including phenoxy) is 2. The number of hydrogen-bond acceptors (Lipinski definition) is 4. The van der Waals surface area contributed by atoms with E-state index in [4.69, 9.17) is 15.2 Å². The average molecular weight is 347 g/mol. The van der Waals surface area contributed by atoms with Crippen LogP contribution in [0.15, 0.2) is 58.0 Å². The van der Waals surface area contributed by atoms with Gasteiger partial charge < -0.3 is 15.2 Å². The maximum atomic E-state index is 5.77. The fourth-order valence-corrected chi connectivity index (χ4v) is 2.91. The lowest BCUT2D eigenvalue weighted by Crippen LogP contribution is -2.27. The molecule has 0 radical (unpaired) electrons. The van der Waals surface area contributed by atoms with Crippen molar-refractivity contribution in [2.24, 2.45) is 10.7 Å². The third-order valence-corrected chi connectivity index (χ3v) is 4.09. The molecule has 0 aromatic heterocycles. The predicted octanol–water partition coefficient (Wildman–Crippen LogP) is 3.05. The molecule has 2 aromatic carbocycles. The van der Waals surface area contributed by atoms with Crippen LogP contribution < -0.4 is 10.5 Å². The van der Waals surface area contributed by atoms with Crippen LogP contribution in [0.1, 0.15) is 11.1 Å². The topological polar surface area (TPSA) is 56.8 Å². The summed E-state index contributed by atoms with van der Waals surface area (Å²) in [5, 5.41) is 0. The van der Waals surface area contributed by atoms with Crippen LogP contribution in [0.25, 0.3) is 0 Å². The Labute approximate surface area is 131 Å². The average Bonchev–Trinajstić information content (AvgIpc) is 2.91. The van der Waals surface area contributed by atoms with E-state index < -0.39 is 5.54 Å². The Kier molecular flexibility index (Phi) is 3.59. The first-order valence-electron chi connectivity index (χ1n) is 6.53. The first-order chi connectivity index (χ1) is 10.1. The van der Waals surface area contributed by atoms with Gasteiger partial charge in [-0.05, 0) is 35.4 Å². The van der Waals surface area contributed by atoms with Crippen molar-refractivity contribution in [1.29, 1.82) is 0 Å². The van der Waals surface area contributed by atoms with Gasteiger partial charge in [0.25, 0.3) is 6.02 Å². The number of benzene rings is 2. The Hall–Kier alpha value is -2.01. The van der Waals surface area contributed by atoms with Gasteiger partial charge in [-0.15, -0.1) is 0 Å². The van der Waals surface area contributed by atoms with E-state index in [1.165, 1.54) is 0 Å². The van der Waals surface area contributed by atoms with Crippen LogP contribution in [-0.2, 0) is 10.3 Å². The highest BCUT2D eigenvalue weighted by molar-refractivity contribution is 9.10. The molecule has 3 rings (SSSR count). The van der Waals surface area contributed by atoms with Gasteiger partial charge in [0.1, 0.15) is 12.4 Å². The van der Waals surface area contributed by atoms with Crippen LogP contribution in [0, 0.1) is 0 Å². The summed E-state index contributed by atoms with van der Waals surface area (Å²) in [6, 6.07) is 16.1. The third-order valence-electron chi connectivity index (χ3n) is 3.60. The van der Waals surface area contributed by atoms with Gasteiger partial charge in [-0.25, -0.2) is 4.99 Å². The molecule has 0 saturated carbocycles. The lowest BCUT2D eigenvalue weighted by atomic mass is 9.84. The lowest BCUT2D eigenvalue weighted by Gasteiger charge is -2.25. The molecule has 1 heterocycles. The maximum Gasteiger partial charge on any atom is 0.283 e. The van der Waals surface area contributed by atoms with Gasteiger partial charge in [-0.3, -0.25) is 0 Å². The number of halogens is 1. The summed E-state index contributed by atoms with van der Waals surface area (Å²) in [7, 11) is 1.65. The van der Waals surface area contributed by atoms with Crippen molar-refractivity contribution in [3.8, 4) is 5.75 Å². The number of aliphatic imine (C=N–C) groups is 1. The fourth-order valence-electron chi connectivity index (χ4n) is 2.51. The minimum atomic E-state index is -0.611. The van der Waals surface area contributed by atoms with Crippen LogP contribution in [0.4, 0.5) is 0 Å². The number of methoxy groups -OCH3 is 1. The number of nitrogens with zero attached hydrogens (tertiary/aromatic N) is 1. The maximum absolute atomic E-state index is 5.77. The summed E-state index contributed by atoms with van der Waals surface area (Å²) < 4.78 is 11.7. The molecule has 0 saturated heterocycles. The normalized spacial score (nSPS) is 20.8. The second-order valence-corrected chi connectivity index (χ2v) is 5.75. The highest BCUT2D eigenvalue weighted by Gasteiger charge is 2.40. The van der Waals surface area contributed by atoms with Crippen molar-refractivity contribution in [3.05, 3.63) is 64.1 Å². The largest absolute Gasteiger partial charge is 0.497 e. The highest BCUT2D eigenvalue weighted by Crippen LogP contribution is 2.38. The van der Waals surface area contributed by atoms with Crippen molar-refractivity contribution in [2.45, 2.75) is 5.54 Å². The minimum Gasteiger partial charge on any atom is -0.497 e. The molecule has 0 aliphatic carbocycles. The van der Waals surface area contributed by atoms with Crippen LogP contribution in [0.2, 0.25) is 0 Å². The molecular formula is C16H15BrN2O2. The molecule has 5 heteroatoms. The molecule has 2 aromatic rings. The molecule has 1 unspecified atom stereocenters. The second-order valence-electron chi connectivity index (χ2n) is 4.84. The molecule has 108 valence electrons. The molecule has 1 aliphatic heterocycles. The van der Waals surface area contributed by atoms with E-state index in [-0.39, 0.29) is 6.02 Å². The van der Waals surface area contributed by atoms with E-state index in [1.54, 1.807) is 7.11 Å².